The number of ketones is 1. The molecule has 0 bridgehead atoms. The lowest BCUT2D eigenvalue weighted by atomic mass is 10.1. The number of halogens is 1. The summed E-state index contributed by atoms with van der Waals surface area (Å²) in [6.45, 7) is 0. The molecule has 0 saturated heterocycles. The third kappa shape index (κ3) is 2.11. The van der Waals surface area contributed by atoms with Gasteiger partial charge in [-0.2, -0.15) is 5.10 Å². The highest BCUT2D eigenvalue weighted by Crippen LogP contribution is 2.25. The summed E-state index contributed by atoms with van der Waals surface area (Å²) < 4.78 is 7.30. The monoisotopic (exact) mass is 309 g/mol. The predicted octanol–water partition coefficient (Wildman–Crippen LogP) is 2.00. The van der Waals surface area contributed by atoms with Crippen molar-refractivity contribution in [3.8, 4) is 5.75 Å². The molecule has 18 heavy (non-hydrogen) atoms. The van der Waals surface area contributed by atoms with E-state index in [-0.39, 0.29) is 5.78 Å². The molecule has 1 aromatic carbocycles. The van der Waals surface area contributed by atoms with Crippen LogP contribution in [0.2, 0.25) is 0 Å². The topological polar surface area (TPSA) is 70.1 Å². The molecular formula is C12H12BrN3O2. The molecule has 0 atom stereocenters. The normalized spacial score (nSPS) is 10.4. The van der Waals surface area contributed by atoms with E-state index in [9.17, 15) is 4.79 Å². The van der Waals surface area contributed by atoms with E-state index in [1.807, 2.05) is 0 Å². The number of nitrogens with zero attached hydrogens (tertiary/aromatic N) is 2. The van der Waals surface area contributed by atoms with Gasteiger partial charge in [-0.3, -0.25) is 9.48 Å². The van der Waals surface area contributed by atoms with Gasteiger partial charge in [-0.15, -0.1) is 0 Å². The lowest BCUT2D eigenvalue weighted by molar-refractivity contribution is 0.102. The SMILES string of the molecule is COc1cnn(C)c1C(=O)c1ccc(N)c(Br)c1. The van der Waals surface area contributed by atoms with Crippen LogP contribution in [0.4, 0.5) is 5.69 Å². The Hall–Kier alpha value is -1.82. The summed E-state index contributed by atoms with van der Waals surface area (Å²) in [5.41, 5.74) is 7.22. The van der Waals surface area contributed by atoms with E-state index in [4.69, 9.17) is 10.5 Å². The van der Waals surface area contributed by atoms with Gasteiger partial charge < -0.3 is 10.5 Å². The van der Waals surface area contributed by atoms with Gasteiger partial charge in [-0.05, 0) is 34.1 Å². The maximum Gasteiger partial charge on any atom is 0.214 e. The smallest absolute Gasteiger partial charge is 0.214 e. The summed E-state index contributed by atoms with van der Waals surface area (Å²) in [5, 5.41) is 4.01. The van der Waals surface area contributed by atoms with Crippen molar-refractivity contribution >= 4 is 27.4 Å². The number of nitrogen functional groups attached to an aromatic ring is 1. The highest BCUT2D eigenvalue weighted by Gasteiger charge is 2.19. The Labute approximate surface area is 113 Å². The molecular weight excluding hydrogens is 298 g/mol. The average molecular weight is 310 g/mol. The van der Waals surface area contributed by atoms with Crippen molar-refractivity contribution in [1.82, 2.24) is 9.78 Å². The molecule has 0 aliphatic rings. The number of aromatic nitrogens is 2. The van der Waals surface area contributed by atoms with Crippen molar-refractivity contribution in [3.05, 3.63) is 40.1 Å². The van der Waals surface area contributed by atoms with Gasteiger partial charge in [0.2, 0.25) is 5.78 Å². The number of rotatable bonds is 3. The van der Waals surface area contributed by atoms with Crippen LogP contribution in [0.15, 0.2) is 28.9 Å². The van der Waals surface area contributed by atoms with Crippen molar-refractivity contribution in [2.75, 3.05) is 12.8 Å². The van der Waals surface area contributed by atoms with Crippen molar-refractivity contribution < 1.29 is 9.53 Å². The van der Waals surface area contributed by atoms with E-state index in [1.54, 1.807) is 25.2 Å². The highest BCUT2D eigenvalue weighted by molar-refractivity contribution is 9.10. The van der Waals surface area contributed by atoms with Crippen molar-refractivity contribution in [2.24, 2.45) is 7.05 Å². The largest absolute Gasteiger partial charge is 0.493 e. The van der Waals surface area contributed by atoms with Gasteiger partial charge in [0.05, 0.1) is 13.3 Å². The van der Waals surface area contributed by atoms with E-state index < -0.39 is 0 Å². The Kier molecular flexibility index (Phi) is 3.38. The van der Waals surface area contributed by atoms with Gasteiger partial charge in [-0.1, -0.05) is 0 Å². The van der Waals surface area contributed by atoms with Gasteiger partial charge in [-0.25, -0.2) is 0 Å². The molecule has 0 spiro atoms. The predicted molar refractivity (Wildman–Crippen MR) is 71.7 cm³/mol. The second-order valence-corrected chi connectivity index (χ2v) is 4.60. The molecule has 2 rings (SSSR count). The number of carbonyl (C=O) groups excluding carboxylic acids is 1. The number of anilines is 1. The van der Waals surface area contributed by atoms with E-state index in [1.165, 1.54) is 18.0 Å². The molecule has 0 amide bonds. The first-order valence-electron chi connectivity index (χ1n) is 5.20. The van der Waals surface area contributed by atoms with Crippen molar-refractivity contribution in [1.29, 1.82) is 0 Å². The van der Waals surface area contributed by atoms with Crippen LogP contribution in [0.5, 0.6) is 5.75 Å². The van der Waals surface area contributed by atoms with E-state index in [0.717, 1.165) is 0 Å². The minimum atomic E-state index is -0.160. The molecule has 0 radical (unpaired) electrons. The second kappa shape index (κ2) is 4.81. The minimum Gasteiger partial charge on any atom is -0.493 e. The zero-order valence-electron chi connectivity index (χ0n) is 9.98. The van der Waals surface area contributed by atoms with E-state index >= 15 is 0 Å². The van der Waals surface area contributed by atoms with Crippen LogP contribution >= 0.6 is 15.9 Å². The number of aryl methyl sites for hydroxylation is 1. The van der Waals surface area contributed by atoms with Gasteiger partial charge in [0.15, 0.2) is 11.4 Å². The number of methoxy groups -OCH3 is 1. The van der Waals surface area contributed by atoms with E-state index in [2.05, 4.69) is 21.0 Å². The average Bonchev–Trinajstić information content (AvgIpc) is 2.73. The number of hydrogen-bond acceptors (Lipinski definition) is 4. The standard InChI is InChI=1S/C12H12BrN3O2/c1-16-11(10(18-2)6-15-16)12(17)7-3-4-9(14)8(13)5-7/h3-6H,14H2,1-2H3. The first kappa shape index (κ1) is 12.6. The van der Waals surface area contributed by atoms with Gasteiger partial charge in [0.25, 0.3) is 0 Å². The van der Waals surface area contributed by atoms with Gasteiger partial charge in [0, 0.05) is 22.8 Å². The van der Waals surface area contributed by atoms with Crippen LogP contribution in [0.25, 0.3) is 0 Å². The number of carbonyl (C=O) groups is 1. The summed E-state index contributed by atoms with van der Waals surface area (Å²) >= 11 is 3.30. The molecule has 0 saturated carbocycles. The summed E-state index contributed by atoms with van der Waals surface area (Å²) in [4.78, 5) is 12.4. The zero-order valence-corrected chi connectivity index (χ0v) is 11.6. The fourth-order valence-electron chi connectivity index (χ4n) is 1.63. The maximum absolute atomic E-state index is 12.4. The first-order valence-corrected chi connectivity index (χ1v) is 5.99. The summed E-state index contributed by atoms with van der Waals surface area (Å²) in [6, 6.07) is 5.04. The fourth-order valence-corrected chi connectivity index (χ4v) is 2.01. The highest BCUT2D eigenvalue weighted by atomic mass is 79.9. The van der Waals surface area contributed by atoms with Gasteiger partial charge >= 0.3 is 0 Å². The molecule has 5 nitrogen and oxygen atoms in total. The van der Waals surface area contributed by atoms with Crippen LogP contribution < -0.4 is 10.5 Å². The third-order valence-corrected chi connectivity index (χ3v) is 3.29. The molecule has 2 aromatic rings. The Bertz CT molecular complexity index is 607. The Morgan fingerprint density at radius 2 is 2.22 bits per heavy atom. The van der Waals surface area contributed by atoms with Gasteiger partial charge in [0.1, 0.15) is 0 Å². The fraction of sp³-hybridized carbons (Fsp3) is 0.167. The molecule has 1 heterocycles. The quantitative estimate of drug-likeness (QED) is 0.695. The molecule has 0 aliphatic heterocycles. The molecule has 0 fully saturated rings. The molecule has 6 heteroatoms. The summed E-state index contributed by atoms with van der Waals surface area (Å²) in [7, 11) is 3.20. The molecule has 0 aliphatic carbocycles. The van der Waals surface area contributed by atoms with Crippen LogP contribution in [0.1, 0.15) is 16.1 Å². The van der Waals surface area contributed by atoms with Crippen LogP contribution in [0, 0.1) is 0 Å². The lowest BCUT2D eigenvalue weighted by Crippen LogP contribution is -2.10. The Balaban J connectivity index is 2.47. The third-order valence-electron chi connectivity index (χ3n) is 2.60. The number of hydrogen-bond donors (Lipinski definition) is 1. The summed E-state index contributed by atoms with van der Waals surface area (Å²) in [6.07, 6.45) is 1.51. The van der Waals surface area contributed by atoms with Crippen LogP contribution in [-0.4, -0.2) is 22.7 Å². The number of nitrogens with two attached hydrogens (primary N) is 1. The van der Waals surface area contributed by atoms with Crippen molar-refractivity contribution in [3.63, 3.8) is 0 Å². The molecule has 2 N–H and O–H groups in total. The number of ether oxygens (including phenoxy) is 1. The minimum absolute atomic E-state index is 0.160. The number of benzene rings is 1. The first-order chi connectivity index (χ1) is 8.54. The van der Waals surface area contributed by atoms with Crippen molar-refractivity contribution in [2.45, 2.75) is 0 Å². The zero-order chi connectivity index (χ0) is 13.3. The molecule has 0 unspecified atom stereocenters. The molecule has 94 valence electrons. The summed E-state index contributed by atoms with van der Waals surface area (Å²) in [5.74, 6) is 0.294. The molecule has 1 aromatic heterocycles. The Morgan fingerprint density at radius 3 is 2.83 bits per heavy atom. The van der Waals surface area contributed by atoms with Crippen LogP contribution in [0.3, 0.4) is 0 Å². The van der Waals surface area contributed by atoms with Crippen LogP contribution in [-0.2, 0) is 7.05 Å². The Morgan fingerprint density at radius 1 is 1.50 bits per heavy atom. The second-order valence-electron chi connectivity index (χ2n) is 3.75. The van der Waals surface area contributed by atoms with E-state index in [0.29, 0.717) is 27.2 Å². The lowest BCUT2D eigenvalue weighted by Gasteiger charge is -2.06. The maximum atomic E-state index is 12.4.